The molecule has 0 bridgehead atoms. The largest absolute Gasteiger partial charge is 0.465 e. The van der Waals surface area contributed by atoms with Gasteiger partial charge in [-0.1, -0.05) is 54.6 Å². The molecular weight excluding hydrogens is 555 g/mol. The Morgan fingerprint density at radius 1 is 0.977 bits per heavy atom. The fourth-order valence-corrected chi connectivity index (χ4v) is 4.98. The van der Waals surface area contributed by atoms with Crippen molar-refractivity contribution >= 4 is 34.6 Å². The molecule has 4 N–H and O–H groups in total. The number of fused-ring (bicyclic) bond motifs is 1. The predicted molar refractivity (Wildman–Crippen MR) is 161 cm³/mol. The van der Waals surface area contributed by atoms with Crippen molar-refractivity contribution in [3.63, 3.8) is 0 Å². The van der Waals surface area contributed by atoms with E-state index in [2.05, 4.69) is 5.32 Å². The number of nitrogens with two attached hydrogens (primary N) is 1. The Balaban J connectivity index is 1.87. The summed E-state index contributed by atoms with van der Waals surface area (Å²) in [7, 11) is 3.04. The summed E-state index contributed by atoms with van der Waals surface area (Å²) >= 11 is 0. The Morgan fingerprint density at radius 2 is 1.60 bits per heavy atom. The molecule has 3 rings (SSSR count). The van der Waals surface area contributed by atoms with Gasteiger partial charge in [-0.2, -0.15) is 0 Å². The Morgan fingerprint density at radius 3 is 2.21 bits per heavy atom. The van der Waals surface area contributed by atoms with Crippen molar-refractivity contribution in [3.05, 3.63) is 83.7 Å². The second-order valence-corrected chi connectivity index (χ2v) is 11.3. The normalized spacial score (nSPS) is 13.5. The van der Waals surface area contributed by atoms with Gasteiger partial charge < -0.3 is 30.7 Å². The summed E-state index contributed by atoms with van der Waals surface area (Å²) in [6.07, 6.45) is -1.04. The molecule has 3 atom stereocenters. The minimum Gasteiger partial charge on any atom is -0.465 e. The maximum Gasteiger partial charge on any atom is 0.405 e. The van der Waals surface area contributed by atoms with Gasteiger partial charge in [0.1, 0.15) is 18.5 Å². The Kier molecular flexibility index (Phi) is 10.8. The molecule has 10 nitrogen and oxygen atoms in total. The fraction of sp³-hybridized carbons (Fsp3) is 0.375. The van der Waals surface area contributed by atoms with E-state index in [-0.39, 0.29) is 19.6 Å². The summed E-state index contributed by atoms with van der Waals surface area (Å²) in [6.45, 7) is 4.45. The van der Waals surface area contributed by atoms with Crippen molar-refractivity contribution in [2.45, 2.75) is 50.7 Å². The number of amides is 4. The topological polar surface area (TPSA) is 142 Å². The number of carbonyl (C=O) groups excluding carboxylic acids is 3. The number of carbonyl (C=O) groups is 4. The minimum absolute atomic E-state index is 0.0724. The second kappa shape index (κ2) is 14.1. The highest BCUT2D eigenvalue weighted by Gasteiger charge is 2.36. The van der Waals surface area contributed by atoms with Crippen LogP contribution in [-0.2, 0) is 25.5 Å². The van der Waals surface area contributed by atoms with Crippen molar-refractivity contribution in [1.82, 2.24) is 15.1 Å². The van der Waals surface area contributed by atoms with E-state index in [1.54, 1.807) is 20.8 Å². The highest BCUT2D eigenvalue weighted by molar-refractivity contribution is 5.90. The molecule has 0 heterocycles. The zero-order valence-electron chi connectivity index (χ0n) is 25.0. The standard InChI is InChI=1S/C32H39FN4O6/c1-20(28(29(34)39)23-12-14-25(33)15-13-23)36(4)30(40)26(17-21-10-11-22-8-6-7-9-24(22)16-21)37(5)27(38)18-43-19-32(2,3)35-31(41)42/h6-16,20,26,28,35H,17-19H2,1-5H3,(H2,34,39)(H,41,42)/t20-,26-,28?/m1/s1. The monoisotopic (exact) mass is 594 g/mol. The van der Waals surface area contributed by atoms with E-state index < -0.39 is 53.2 Å². The molecule has 0 aliphatic carbocycles. The number of nitrogens with one attached hydrogen (secondary N) is 1. The molecule has 230 valence electrons. The van der Waals surface area contributed by atoms with Gasteiger partial charge in [-0.3, -0.25) is 14.4 Å². The Hall–Kier alpha value is -4.51. The maximum atomic E-state index is 14.1. The number of likely N-dealkylation sites (N-methyl/N-ethyl adjacent to an activating group) is 2. The van der Waals surface area contributed by atoms with Gasteiger partial charge in [0.15, 0.2) is 0 Å². The molecular formula is C32H39FN4O6. The Labute approximate surface area is 250 Å². The number of rotatable bonds is 13. The number of halogens is 1. The number of hydrogen-bond donors (Lipinski definition) is 3. The fourth-order valence-electron chi connectivity index (χ4n) is 4.98. The van der Waals surface area contributed by atoms with Gasteiger partial charge in [0.2, 0.25) is 17.7 Å². The van der Waals surface area contributed by atoms with Crippen LogP contribution in [0.2, 0.25) is 0 Å². The number of primary amides is 1. The van der Waals surface area contributed by atoms with E-state index in [9.17, 15) is 23.6 Å². The zero-order valence-corrected chi connectivity index (χ0v) is 25.0. The average Bonchev–Trinajstić information content (AvgIpc) is 2.94. The lowest BCUT2D eigenvalue weighted by molar-refractivity contribution is -0.148. The van der Waals surface area contributed by atoms with Gasteiger partial charge in [0.05, 0.1) is 18.1 Å². The second-order valence-electron chi connectivity index (χ2n) is 11.3. The lowest BCUT2D eigenvalue weighted by Crippen LogP contribution is -2.54. The first-order chi connectivity index (χ1) is 20.2. The van der Waals surface area contributed by atoms with Gasteiger partial charge in [0.25, 0.3) is 0 Å². The van der Waals surface area contributed by atoms with Gasteiger partial charge in [0, 0.05) is 26.6 Å². The zero-order chi connectivity index (χ0) is 31.9. The van der Waals surface area contributed by atoms with E-state index >= 15 is 0 Å². The van der Waals surface area contributed by atoms with Crippen LogP contribution in [0.1, 0.15) is 37.8 Å². The van der Waals surface area contributed by atoms with E-state index in [4.69, 9.17) is 15.6 Å². The summed E-state index contributed by atoms with van der Waals surface area (Å²) < 4.78 is 19.1. The average molecular weight is 595 g/mol. The van der Waals surface area contributed by atoms with Crippen molar-refractivity contribution in [2.75, 3.05) is 27.3 Å². The molecule has 0 aliphatic rings. The van der Waals surface area contributed by atoms with Crippen LogP contribution in [0.15, 0.2) is 66.7 Å². The van der Waals surface area contributed by atoms with Gasteiger partial charge in [-0.25, -0.2) is 9.18 Å². The maximum absolute atomic E-state index is 14.1. The molecule has 11 heteroatoms. The molecule has 0 fully saturated rings. The highest BCUT2D eigenvalue weighted by Crippen LogP contribution is 2.25. The van der Waals surface area contributed by atoms with Crippen molar-refractivity contribution in [3.8, 4) is 0 Å². The van der Waals surface area contributed by atoms with Crippen LogP contribution in [0, 0.1) is 5.82 Å². The highest BCUT2D eigenvalue weighted by atomic mass is 19.1. The van der Waals surface area contributed by atoms with Crippen LogP contribution in [-0.4, -0.2) is 83.7 Å². The van der Waals surface area contributed by atoms with Gasteiger partial charge in [-0.05, 0) is 54.8 Å². The summed E-state index contributed by atoms with van der Waals surface area (Å²) in [5.74, 6) is -3.00. The smallest absolute Gasteiger partial charge is 0.405 e. The van der Waals surface area contributed by atoms with Crippen LogP contribution < -0.4 is 11.1 Å². The molecule has 0 radical (unpaired) electrons. The summed E-state index contributed by atoms with van der Waals surface area (Å²) in [6, 6.07) is 17.2. The molecule has 0 spiro atoms. The first-order valence-electron chi connectivity index (χ1n) is 13.8. The third-order valence-corrected chi connectivity index (χ3v) is 7.50. The Bertz CT molecular complexity index is 1460. The van der Waals surface area contributed by atoms with Crippen molar-refractivity contribution < 1.29 is 33.4 Å². The molecule has 43 heavy (non-hydrogen) atoms. The lowest BCUT2D eigenvalue weighted by atomic mass is 9.90. The molecule has 3 aromatic rings. The van der Waals surface area contributed by atoms with E-state index in [0.29, 0.717) is 5.56 Å². The number of benzene rings is 3. The summed E-state index contributed by atoms with van der Waals surface area (Å²) in [4.78, 5) is 53.6. The lowest BCUT2D eigenvalue weighted by Gasteiger charge is -2.36. The SMILES string of the molecule is C[C@H](C(C(N)=O)c1ccc(F)cc1)N(C)C(=O)[C@@H](Cc1ccc2ccccc2c1)N(C)C(=O)COCC(C)(C)NC(=O)O. The third kappa shape index (κ3) is 8.74. The number of ether oxygens (including phenoxy) is 1. The van der Waals surface area contributed by atoms with Crippen LogP contribution in [0.3, 0.4) is 0 Å². The van der Waals surface area contributed by atoms with Crippen molar-refractivity contribution in [2.24, 2.45) is 5.73 Å². The molecule has 0 saturated heterocycles. The summed E-state index contributed by atoms with van der Waals surface area (Å²) in [5.41, 5.74) is 6.07. The van der Waals surface area contributed by atoms with Crippen LogP contribution in [0.5, 0.6) is 0 Å². The molecule has 0 saturated carbocycles. The predicted octanol–water partition coefficient (Wildman–Crippen LogP) is 3.53. The number of carboxylic acid groups (broad SMARTS) is 1. The summed E-state index contributed by atoms with van der Waals surface area (Å²) in [5, 5.41) is 13.3. The van der Waals surface area contributed by atoms with Crippen LogP contribution in [0.25, 0.3) is 10.8 Å². The minimum atomic E-state index is -1.22. The van der Waals surface area contributed by atoms with Crippen molar-refractivity contribution in [1.29, 1.82) is 0 Å². The molecule has 3 aromatic carbocycles. The molecule has 4 amide bonds. The molecule has 0 aromatic heterocycles. The van der Waals surface area contributed by atoms with Crippen LogP contribution >= 0.6 is 0 Å². The van der Waals surface area contributed by atoms with Gasteiger partial charge >= 0.3 is 6.09 Å². The van der Waals surface area contributed by atoms with Crippen LogP contribution in [0.4, 0.5) is 9.18 Å². The van der Waals surface area contributed by atoms with E-state index in [1.807, 2.05) is 42.5 Å². The van der Waals surface area contributed by atoms with Gasteiger partial charge in [-0.15, -0.1) is 0 Å². The first kappa shape index (κ1) is 33.0. The third-order valence-electron chi connectivity index (χ3n) is 7.50. The first-order valence-corrected chi connectivity index (χ1v) is 13.8. The van der Waals surface area contributed by atoms with E-state index in [1.165, 1.54) is 48.2 Å². The molecule has 1 unspecified atom stereocenters. The molecule has 0 aliphatic heterocycles. The number of hydrogen-bond acceptors (Lipinski definition) is 5. The number of nitrogens with zero attached hydrogens (tertiary/aromatic N) is 2. The van der Waals surface area contributed by atoms with E-state index in [0.717, 1.165) is 16.3 Å². The quantitative estimate of drug-likeness (QED) is 0.276.